The smallest absolute Gasteiger partial charge is 0.261 e. The van der Waals surface area contributed by atoms with Gasteiger partial charge < -0.3 is 0 Å². The number of anilines is 1. The second-order valence-electron chi connectivity index (χ2n) is 7.30. The lowest BCUT2D eigenvalue weighted by atomic mass is 9.87. The fourth-order valence-corrected chi connectivity index (χ4v) is 4.56. The summed E-state index contributed by atoms with van der Waals surface area (Å²) in [7, 11) is -7.33. The van der Waals surface area contributed by atoms with E-state index < -0.39 is 20.0 Å². The van der Waals surface area contributed by atoms with Gasteiger partial charge in [0, 0.05) is 12.2 Å². The Hall–Kier alpha value is -1.90. The van der Waals surface area contributed by atoms with Gasteiger partial charge in [0.15, 0.2) is 0 Å². The van der Waals surface area contributed by atoms with E-state index in [2.05, 4.69) is 30.2 Å². The van der Waals surface area contributed by atoms with Crippen LogP contribution in [-0.2, 0) is 25.5 Å². The molecule has 0 aromatic heterocycles. The summed E-state index contributed by atoms with van der Waals surface area (Å²) < 4.78 is 54.2. The Morgan fingerprint density at radius 1 is 0.778 bits per heavy atom. The number of benzene rings is 2. The van der Waals surface area contributed by atoms with Crippen molar-refractivity contribution in [2.24, 2.45) is 0 Å². The number of rotatable bonds is 7. The van der Waals surface area contributed by atoms with Crippen molar-refractivity contribution in [1.82, 2.24) is 4.72 Å². The summed E-state index contributed by atoms with van der Waals surface area (Å²) in [5, 5.41) is 0. The molecule has 0 aliphatic carbocycles. The molecule has 0 saturated carbocycles. The van der Waals surface area contributed by atoms with Crippen LogP contribution in [0.15, 0.2) is 58.3 Å². The first-order chi connectivity index (χ1) is 12.5. The molecule has 0 aliphatic heterocycles. The third-order valence-corrected chi connectivity index (χ3v) is 6.86. The summed E-state index contributed by atoms with van der Waals surface area (Å²) in [5.41, 5.74) is 1.27. The molecule has 6 nitrogen and oxygen atoms in total. The van der Waals surface area contributed by atoms with E-state index in [1.807, 2.05) is 6.92 Å². The van der Waals surface area contributed by atoms with Crippen LogP contribution in [0, 0.1) is 0 Å². The highest BCUT2D eigenvalue weighted by atomic mass is 32.2. The maximum Gasteiger partial charge on any atom is 0.261 e. The van der Waals surface area contributed by atoms with Crippen LogP contribution < -0.4 is 9.44 Å². The molecule has 27 heavy (non-hydrogen) atoms. The van der Waals surface area contributed by atoms with E-state index in [1.54, 1.807) is 24.3 Å². The summed E-state index contributed by atoms with van der Waals surface area (Å²) in [6.07, 6.45) is 0.686. The van der Waals surface area contributed by atoms with Crippen molar-refractivity contribution in [1.29, 1.82) is 0 Å². The highest BCUT2D eigenvalue weighted by molar-refractivity contribution is 7.92. The molecule has 8 heteroatoms. The van der Waals surface area contributed by atoms with Gasteiger partial charge in [0.1, 0.15) is 0 Å². The van der Waals surface area contributed by atoms with Crippen molar-refractivity contribution < 1.29 is 16.8 Å². The molecule has 0 bridgehead atoms. The third kappa shape index (κ3) is 5.54. The fourth-order valence-electron chi connectivity index (χ4n) is 2.37. The predicted octanol–water partition coefficient (Wildman–Crippen LogP) is 3.47. The molecule has 0 fully saturated rings. The topological polar surface area (TPSA) is 92.3 Å². The molecule has 2 N–H and O–H groups in total. The molecule has 0 spiro atoms. The van der Waals surface area contributed by atoms with E-state index in [0.29, 0.717) is 18.7 Å². The largest absolute Gasteiger partial charge is 0.280 e. The third-order valence-electron chi connectivity index (χ3n) is 3.99. The quantitative estimate of drug-likeness (QED) is 0.731. The van der Waals surface area contributed by atoms with E-state index in [1.165, 1.54) is 24.3 Å². The van der Waals surface area contributed by atoms with Crippen molar-refractivity contribution in [2.45, 2.75) is 49.3 Å². The van der Waals surface area contributed by atoms with Gasteiger partial charge in [-0.2, -0.15) is 0 Å². The molecule has 148 valence electrons. The van der Waals surface area contributed by atoms with Crippen molar-refractivity contribution in [3.05, 3.63) is 54.1 Å². The first kappa shape index (κ1) is 21.4. The maximum atomic E-state index is 12.5. The lowest BCUT2D eigenvalue weighted by molar-refractivity contribution is 0.581. The zero-order chi connectivity index (χ0) is 20.3. The number of hydrogen-bond acceptors (Lipinski definition) is 4. The van der Waals surface area contributed by atoms with Gasteiger partial charge in [-0.05, 0) is 53.8 Å². The molecule has 0 amide bonds. The highest BCUT2D eigenvalue weighted by Gasteiger charge is 2.18. The van der Waals surface area contributed by atoms with Crippen LogP contribution in [0.5, 0.6) is 0 Å². The SMILES string of the molecule is CCCNS(=O)(=O)c1ccc(NS(=O)(=O)c2ccc(C(C)(C)C)cc2)cc1. The minimum atomic E-state index is -3.75. The van der Waals surface area contributed by atoms with Crippen molar-refractivity contribution in [2.75, 3.05) is 11.3 Å². The molecule has 0 aliphatic rings. The van der Waals surface area contributed by atoms with Gasteiger partial charge in [0.25, 0.3) is 10.0 Å². The van der Waals surface area contributed by atoms with Crippen molar-refractivity contribution >= 4 is 25.7 Å². The normalized spacial score (nSPS) is 12.7. The Balaban J connectivity index is 2.18. The van der Waals surface area contributed by atoms with Crippen LogP contribution in [0.2, 0.25) is 0 Å². The summed E-state index contributed by atoms with van der Waals surface area (Å²) >= 11 is 0. The van der Waals surface area contributed by atoms with E-state index in [4.69, 9.17) is 0 Å². The average Bonchev–Trinajstić information content (AvgIpc) is 2.59. The van der Waals surface area contributed by atoms with Crippen LogP contribution in [0.3, 0.4) is 0 Å². The van der Waals surface area contributed by atoms with Gasteiger partial charge in [-0.1, -0.05) is 39.8 Å². The minimum Gasteiger partial charge on any atom is -0.280 e. The minimum absolute atomic E-state index is 0.0666. The summed E-state index contributed by atoms with van der Waals surface area (Å²) in [6.45, 7) is 8.38. The van der Waals surface area contributed by atoms with Crippen LogP contribution >= 0.6 is 0 Å². The Morgan fingerprint density at radius 3 is 1.74 bits per heavy atom. The predicted molar refractivity (Wildman–Crippen MR) is 108 cm³/mol. The lowest BCUT2D eigenvalue weighted by Crippen LogP contribution is -2.24. The van der Waals surface area contributed by atoms with Crippen molar-refractivity contribution in [3.63, 3.8) is 0 Å². The summed E-state index contributed by atoms with van der Waals surface area (Å²) in [4.78, 5) is 0.241. The standard InChI is InChI=1S/C19H26N2O4S2/c1-5-14-20-26(22,23)17-12-8-16(9-13-17)21-27(24,25)18-10-6-15(7-11-18)19(2,3)4/h6-13,20-21H,5,14H2,1-4H3. The number of sulfonamides is 2. The Morgan fingerprint density at radius 2 is 1.26 bits per heavy atom. The first-order valence-corrected chi connectivity index (χ1v) is 11.7. The molecule has 0 radical (unpaired) electrons. The van der Waals surface area contributed by atoms with Crippen LogP contribution in [0.25, 0.3) is 0 Å². The maximum absolute atomic E-state index is 12.5. The van der Waals surface area contributed by atoms with Gasteiger partial charge in [-0.25, -0.2) is 21.6 Å². The fraction of sp³-hybridized carbons (Fsp3) is 0.368. The number of hydrogen-bond donors (Lipinski definition) is 2. The van der Waals surface area contributed by atoms with E-state index in [0.717, 1.165) is 5.56 Å². The van der Waals surface area contributed by atoms with E-state index >= 15 is 0 Å². The Bertz CT molecular complexity index is 974. The molecule has 2 rings (SSSR count). The van der Waals surface area contributed by atoms with E-state index in [9.17, 15) is 16.8 Å². The van der Waals surface area contributed by atoms with Gasteiger partial charge in [0.05, 0.1) is 9.79 Å². The molecule has 2 aromatic carbocycles. The molecule has 0 heterocycles. The molecule has 0 unspecified atom stereocenters. The van der Waals surface area contributed by atoms with E-state index in [-0.39, 0.29) is 15.2 Å². The Labute approximate surface area is 162 Å². The van der Waals surface area contributed by atoms with Gasteiger partial charge >= 0.3 is 0 Å². The molecule has 2 aromatic rings. The second-order valence-corrected chi connectivity index (χ2v) is 10.8. The molecular weight excluding hydrogens is 384 g/mol. The zero-order valence-electron chi connectivity index (χ0n) is 16.0. The van der Waals surface area contributed by atoms with Gasteiger partial charge in [-0.3, -0.25) is 4.72 Å². The molecule has 0 atom stereocenters. The Kier molecular flexibility index (Phi) is 6.34. The first-order valence-electron chi connectivity index (χ1n) is 8.69. The van der Waals surface area contributed by atoms with Gasteiger partial charge in [0.2, 0.25) is 10.0 Å². The molecule has 0 saturated heterocycles. The zero-order valence-corrected chi connectivity index (χ0v) is 17.6. The van der Waals surface area contributed by atoms with Gasteiger partial charge in [-0.15, -0.1) is 0 Å². The summed E-state index contributed by atoms with van der Waals surface area (Å²) in [5.74, 6) is 0. The summed E-state index contributed by atoms with van der Waals surface area (Å²) in [6, 6.07) is 12.3. The monoisotopic (exact) mass is 410 g/mol. The number of nitrogens with one attached hydrogen (secondary N) is 2. The van der Waals surface area contributed by atoms with Crippen LogP contribution in [0.1, 0.15) is 39.7 Å². The average molecular weight is 411 g/mol. The highest BCUT2D eigenvalue weighted by Crippen LogP contribution is 2.24. The molecular formula is C19H26N2O4S2. The van der Waals surface area contributed by atoms with Crippen molar-refractivity contribution in [3.8, 4) is 0 Å². The van der Waals surface area contributed by atoms with Crippen LogP contribution in [0.4, 0.5) is 5.69 Å². The second kappa shape index (κ2) is 8.00. The lowest BCUT2D eigenvalue weighted by Gasteiger charge is -2.19. The van der Waals surface area contributed by atoms with Crippen LogP contribution in [-0.4, -0.2) is 23.4 Å².